The molecule has 0 saturated carbocycles. The smallest absolute Gasteiger partial charge is 0.163 e. The van der Waals surface area contributed by atoms with Crippen LogP contribution in [0, 0.1) is 5.92 Å². The highest BCUT2D eigenvalue weighted by molar-refractivity contribution is 6.35. The number of rotatable bonds is 9. The first-order valence-electron chi connectivity index (χ1n) is 8.54. The van der Waals surface area contributed by atoms with Gasteiger partial charge >= 0.3 is 0 Å². The monoisotopic (exact) mass is 415 g/mol. The molecule has 0 fully saturated rings. The van der Waals surface area contributed by atoms with Crippen molar-refractivity contribution in [2.75, 3.05) is 13.7 Å². The number of ether oxygens (including phenoxy) is 2. The lowest BCUT2D eigenvalue weighted by atomic mass is 10.1. The topological polar surface area (TPSA) is 30.5 Å². The number of methoxy groups -OCH3 is 1. The fourth-order valence-electron chi connectivity index (χ4n) is 2.39. The third kappa shape index (κ3) is 6.24. The average molecular weight is 417 g/mol. The summed E-state index contributed by atoms with van der Waals surface area (Å²) in [6.07, 6.45) is 1.12. The van der Waals surface area contributed by atoms with Crippen LogP contribution in [0.2, 0.25) is 15.1 Å². The minimum Gasteiger partial charge on any atom is -0.493 e. The SMILES string of the molecule is COc1cc(CNCCC(C)C)c(Cl)cc1OCc1ccc(Cl)cc1Cl. The van der Waals surface area contributed by atoms with Gasteiger partial charge in [-0.2, -0.15) is 0 Å². The molecule has 6 heteroatoms. The van der Waals surface area contributed by atoms with Crippen molar-refractivity contribution in [2.45, 2.75) is 33.4 Å². The molecule has 0 aliphatic carbocycles. The predicted octanol–water partition coefficient (Wildman–Crippen LogP) is 6.37. The fraction of sp³-hybridized carbons (Fsp3) is 0.400. The van der Waals surface area contributed by atoms with Crippen molar-refractivity contribution >= 4 is 34.8 Å². The summed E-state index contributed by atoms with van der Waals surface area (Å²) in [6.45, 7) is 6.34. The van der Waals surface area contributed by atoms with E-state index in [1.54, 1.807) is 25.3 Å². The molecule has 3 nitrogen and oxygen atoms in total. The predicted molar refractivity (Wildman–Crippen MR) is 110 cm³/mol. The number of hydrogen-bond donors (Lipinski definition) is 1. The Labute approximate surface area is 170 Å². The van der Waals surface area contributed by atoms with Gasteiger partial charge in [-0.05, 0) is 42.6 Å². The lowest BCUT2D eigenvalue weighted by Crippen LogP contribution is -2.16. The van der Waals surface area contributed by atoms with E-state index in [9.17, 15) is 0 Å². The molecule has 0 heterocycles. The highest BCUT2D eigenvalue weighted by Gasteiger charge is 2.12. The van der Waals surface area contributed by atoms with Gasteiger partial charge in [0.15, 0.2) is 11.5 Å². The second kappa shape index (κ2) is 10.3. The van der Waals surface area contributed by atoms with Crippen molar-refractivity contribution < 1.29 is 9.47 Å². The molecule has 0 amide bonds. The van der Waals surface area contributed by atoms with E-state index in [1.165, 1.54) is 0 Å². The second-order valence-electron chi connectivity index (χ2n) is 6.48. The summed E-state index contributed by atoms with van der Waals surface area (Å²) in [4.78, 5) is 0. The standard InChI is InChI=1S/C20H24Cl3NO2/c1-13(2)6-7-24-11-15-8-19(25-3)20(10-18(15)23)26-12-14-4-5-16(21)9-17(14)22/h4-5,8-10,13,24H,6-7,11-12H2,1-3H3. The summed E-state index contributed by atoms with van der Waals surface area (Å²) in [5.41, 5.74) is 1.82. The molecule has 0 saturated heterocycles. The van der Waals surface area contributed by atoms with Crippen LogP contribution in [0.5, 0.6) is 11.5 Å². The highest BCUT2D eigenvalue weighted by Crippen LogP contribution is 2.34. The molecule has 0 spiro atoms. The van der Waals surface area contributed by atoms with Crippen LogP contribution in [0.25, 0.3) is 0 Å². The van der Waals surface area contributed by atoms with Gasteiger partial charge in [-0.1, -0.05) is 54.7 Å². The van der Waals surface area contributed by atoms with Gasteiger partial charge in [0.2, 0.25) is 0 Å². The van der Waals surface area contributed by atoms with Crippen LogP contribution in [0.3, 0.4) is 0 Å². The number of nitrogens with one attached hydrogen (secondary N) is 1. The molecule has 2 aromatic carbocycles. The van der Waals surface area contributed by atoms with Crippen molar-refractivity contribution in [3.63, 3.8) is 0 Å². The second-order valence-corrected chi connectivity index (χ2v) is 7.73. The maximum Gasteiger partial charge on any atom is 0.163 e. The van der Waals surface area contributed by atoms with Crippen molar-refractivity contribution in [1.82, 2.24) is 5.32 Å². The number of benzene rings is 2. The van der Waals surface area contributed by atoms with Crippen LogP contribution < -0.4 is 14.8 Å². The van der Waals surface area contributed by atoms with Gasteiger partial charge in [0, 0.05) is 33.2 Å². The summed E-state index contributed by atoms with van der Waals surface area (Å²) >= 11 is 18.5. The van der Waals surface area contributed by atoms with E-state index in [-0.39, 0.29) is 0 Å². The Morgan fingerprint density at radius 2 is 1.69 bits per heavy atom. The summed E-state index contributed by atoms with van der Waals surface area (Å²) < 4.78 is 11.3. The molecule has 0 atom stereocenters. The van der Waals surface area contributed by atoms with E-state index in [4.69, 9.17) is 44.3 Å². The Morgan fingerprint density at radius 1 is 0.962 bits per heavy atom. The van der Waals surface area contributed by atoms with Crippen molar-refractivity contribution in [3.05, 3.63) is 56.5 Å². The Balaban J connectivity index is 2.05. The van der Waals surface area contributed by atoms with E-state index in [1.807, 2.05) is 12.1 Å². The molecule has 1 N–H and O–H groups in total. The Hall–Kier alpha value is -1.13. The van der Waals surface area contributed by atoms with Gasteiger partial charge in [-0.3, -0.25) is 0 Å². The molecule has 0 aliphatic rings. The summed E-state index contributed by atoms with van der Waals surface area (Å²) in [6, 6.07) is 9.00. The first-order chi connectivity index (χ1) is 12.4. The van der Waals surface area contributed by atoms with Gasteiger partial charge in [0.1, 0.15) is 6.61 Å². The zero-order valence-electron chi connectivity index (χ0n) is 15.2. The normalized spacial score (nSPS) is 11.0. The van der Waals surface area contributed by atoms with Crippen molar-refractivity contribution in [1.29, 1.82) is 0 Å². The van der Waals surface area contributed by atoms with Crippen LogP contribution in [0.1, 0.15) is 31.4 Å². The van der Waals surface area contributed by atoms with Gasteiger partial charge in [-0.15, -0.1) is 0 Å². The lowest BCUT2D eigenvalue weighted by Gasteiger charge is -2.15. The minimum absolute atomic E-state index is 0.300. The average Bonchev–Trinajstić information content (AvgIpc) is 2.59. The van der Waals surface area contributed by atoms with Gasteiger partial charge in [0.25, 0.3) is 0 Å². The molecule has 0 aliphatic heterocycles. The molecule has 0 unspecified atom stereocenters. The third-order valence-corrected chi connectivity index (χ3v) is 4.88. The van der Waals surface area contributed by atoms with Crippen LogP contribution in [0.15, 0.2) is 30.3 Å². The maximum absolute atomic E-state index is 6.41. The quantitative estimate of drug-likeness (QED) is 0.482. The van der Waals surface area contributed by atoms with Crippen LogP contribution in [0.4, 0.5) is 0 Å². The first kappa shape index (κ1) is 21.2. The van der Waals surface area contributed by atoms with E-state index < -0.39 is 0 Å². The third-order valence-electron chi connectivity index (χ3n) is 3.94. The zero-order valence-corrected chi connectivity index (χ0v) is 17.5. The zero-order chi connectivity index (χ0) is 19.1. The highest BCUT2D eigenvalue weighted by atomic mass is 35.5. The molecule has 2 aromatic rings. The molecule has 26 heavy (non-hydrogen) atoms. The minimum atomic E-state index is 0.300. The lowest BCUT2D eigenvalue weighted by molar-refractivity contribution is 0.284. The van der Waals surface area contributed by atoms with Crippen LogP contribution >= 0.6 is 34.8 Å². The largest absolute Gasteiger partial charge is 0.493 e. The summed E-state index contributed by atoms with van der Waals surface area (Å²) in [5, 5.41) is 5.20. The van der Waals surface area contributed by atoms with Gasteiger partial charge in [0.05, 0.1) is 7.11 Å². The van der Waals surface area contributed by atoms with Crippen molar-refractivity contribution in [3.8, 4) is 11.5 Å². The van der Waals surface area contributed by atoms with E-state index in [0.717, 1.165) is 24.1 Å². The van der Waals surface area contributed by atoms with Crippen LogP contribution in [-0.2, 0) is 13.2 Å². The Bertz CT molecular complexity index is 735. The van der Waals surface area contributed by atoms with E-state index in [0.29, 0.717) is 45.6 Å². The Morgan fingerprint density at radius 3 is 2.35 bits per heavy atom. The molecule has 0 bridgehead atoms. The van der Waals surface area contributed by atoms with E-state index in [2.05, 4.69) is 19.2 Å². The van der Waals surface area contributed by atoms with E-state index >= 15 is 0 Å². The maximum atomic E-state index is 6.41. The fourth-order valence-corrected chi connectivity index (χ4v) is 3.08. The molecular weight excluding hydrogens is 393 g/mol. The van der Waals surface area contributed by atoms with Gasteiger partial charge in [-0.25, -0.2) is 0 Å². The molecular formula is C20H24Cl3NO2. The Kier molecular flexibility index (Phi) is 8.36. The molecule has 0 aromatic heterocycles. The first-order valence-corrected chi connectivity index (χ1v) is 9.68. The molecule has 2 rings (SSSR count). The van der Waals surface area contributed by atoms with Crippen LogP contribution in [-0.4, -0.2) is 13.7 Å². The molecule has 0 radical (unpaired) electrons. The van der Waals surface area contributed by atoms with Crippen molar-refractivity contribution in [2.24, 2.45) is 5.92 Å². The number of hydrogen-bond acceptors (Lipinski definition) is 3. The molecule has 142 valence electrons. The van der Waals surface area contributed by atoms with Gasteiger partial charge < -0.3 is 14.8 Å². The summed E-state index contributed by atoms with van der Waals surface area (Å²) in [5.74, 6) is 1.89. The summed E-state index contributed by atoms with van der Waals surface area (Å²) in [7, 11) is 1.61. The number of halogens is 3.